The van der Waals surface area contributed by atoms with Crippen LogP contribution in [-0.2, 0) is 4.79 Å². The summed E-state index contributed by atoms with van der Waals surface area (Å²) in [5.74, 6) is -0.541. The summed E-state index contributed by atoms with van der Waals surface area (Å²) in [6, 6.07) is 5.81. The van der Waals surface area contributed by atoms with Gasteiger partial charge in [0.2, 0.25) is 0 Å². The van der Waals surface area contributed by atoms with Gasteiger partial charge in [-0.3, -0.25) is 9.20 Å². The molecule has 2 heterocycles. The number of carboxylic acid groups (broad SMARTS) is 1. The van der Waals surface area contributed by atoms with E-state index >= 15 is 0 Å². The minimum Gasteiger partial charge on any atom is -0.481 e. The topological polar surface area (TPSA) is 54.6 Å². The van der Waals surface area contributed by atoms with Crippen LogP contribution < -0.4 is 0 Å². The van der Waals surface area contributed by atoms with Crippen LogP contribution in [0.15, 0.2) is 35.6 Å². The van der Waals surface area contributed by atoms with Crippen molar-refractivity contribution in [1.29, 1.82) is 0 Å². The third-order valence-electron chi connectivity index (χ3n) is 2.29. The second-order valence-corrected chi connectivity index (χ2v) is 4.61. The Morgan fingerprint density at radius 3 is 3.19 bits per heavy atom. The maximum absolute atomic E-state index is 10.7. The summed E-state index contributed by atoms with van der Waals surface area (Å²) in [6.07, 6.45) is 3.61. The Bertz CT molecular complexity index is 509. The molecule has 2 rings (SSSR count). The number of carboxylic acids is 1. The van der Waals surface area contributed by atoms with E-state index in [0.29, 0.717) is 5.75 Å². The second kappa shape index (κ2) is 4.57. The largest absolute Gasteiger partial charge is 0.481 e. The van der Waals surface area contributed by atoms with Crippen molar-refractivity contribution in [1.82, 2.24) is 9.38 Å². The lowest BCUT2D eigenvalue weighted by molar-refractivity contribution is -0.140. The molecule has 16 heavy (non-hydrogen) atoms. The first-order valence-corrected chi connectivity index (χ1v) is 5.94. The number of nitrogens with zero attached hydrogens (tertiary/aromatic N) is 2. The summed E-state index contributed by atoms with van der Waals surface area (Å²) in [5, 5.41) is 9.82. The van der Waals surface area contributed by atoms with Crippen LogP contribution in [0.1, 0.15) is 6.92 Å². The summed E-state index contributed by atoms with van der Waals surface area (Å²) >= 11 is 1.53. The summed E-state index contributed by atoms with van der Waals surface area (Å²) in [4.78, 5) is 14.9. The first-order chi connectivity index (χ1) is 7.68. The summed E-state index contributed by atoms with van der Waals surface area (Å²) in [6.45, 7) is 1.71. The molecule has 5 heteroatoms. The van der Waals surface area contributed by atoms with Crippen molar-refractivity contribution in [2.75, 3.05) is 5.75 Å². The van der Waals surface area contributed by atoms with E-state index in [-0.39, 0.29) is 5.92 Å². The van der Waals surface area contributed by atoms with Crippen LogP contribution in [0.25, 0.3) is 5.65 Å². The van der Waals surface area contributed by atoms with E-state index in [9.17, 15) is 4.79 Å². The smallest absolute Gasteiger partial charge is 0.307 e. The van der Waals surface area contributed by atoms with Gasteiger partial charge in [-0.2, -0.15) is 0 Å². The van der Waals surface area contributed by atoms with Crippen LogP contribution in [0.5, 0.6) is 0 Å². The lowest BCUT2D eigenvalue weighted by Gasteiger charge is -2.07. The number of carbonyl (C=O) groups is 1. The Kier molecular flexibility index (Phi) is 3.14. The maximum atomic E-state index is 10.7. The number of thioether (sulfide) groups is 1. The van der Waals surface area contributed by atoms with Crippen LogP contribution in [0.4, 0.5) is 0 Å². The molecule has 0 saturated heterocycles. The molecule has 1 N–H and O–H groups in total. The first-order valence-electron chi connectivity index (χ1n) is 4.96. The van der Waals surface area contributed by atoms with E-state index in [1.807, 2.05) is 28.8 Å². The molecule has 0 spiro atoms. The second-order valence-electron chi connectivity index (χ2n) is 3.57. The highest BCUT2D eigenvalue weighted by Gasteiger charge is 2.12. The maximum Gasteiger partial charge on any atom is 0.307 e. The summed E-state index contributed by atoms with van der Waals surface area (Å²) in [5.41, 5.74) is 0.882. The van der Waals surface area contributed by atoms with E-state index in [4.69, 9.17) is 5.11 Å². The zero-order chi connectivity index (χ0) is 11.5. The zero-order valence-corrected chi connectivity index (χ0v) is 9.65. The summed E-state index contributed by atoms with van der Waals surface area (Å²) in [7, 11) is 0. The molecule has 0 aliphatic rings. The minimum absolute atomic E-state index is 0.344. The van der Waals surface area contributed by atoms with Crippen molar-refractivity contribution < 1.29 is 9.90 Å². The molecule has 2 aromatic rings. The quantitative estimate of drug-likeness (QED) is 0.826. The Morgan fingerprint density at radius 1 is 1.62 bits per heavy atom. The molecule has 4 nitrogen and oxygen atoms in total. The molecule has 0 saturated carbocycles. The summed E-state index contributed by atoms with van der Waals surface area (Å²) < 4.78 is 1.96. The number of imidazole rings is 1. The third-order valence-corrected chi connectivity index (χ3v) is 3.59. The SMILES string of the molecule is CC(CSc1cccc2nccn12)C(=O)O. The van der Waals surface area contributed by atoms with Gasteiger partial charge >= 0.3 is 5.97 Å². The van der Waals surface area contributed by atoms with Gasteiger partial charge in [0.15, 0.2) is 0 Å². The van der Waals surface area contributed by atoms with E-state index < -0.39 is 5.97 Å². The lowest BCUT2D eigenvalue weighted by Crippen LogP contribution is -2.11. The van der Waals surface area contributed by atoms with Gasteiger partial charge in [-0.15, -0.1) is 11.8 Å². The molecular weight excluding hydrogens is 224 g/mol. The standard InChI is InChI=1S/C11H12N2O2S/c1-8(11(14)15)7-16-10-4-2-3-9-12-5-6-13(9)10/h2-6,8H,7H2,1H3,(H,14,15). The highest BCUT2D eigenvalue weighted by molar-refractivity contribution is 7.99. The van der Waals surface area contributed by atoms with E-state index in [0.717, 1.165) is 10.7 Å². The number of aliphatic carboxylic acids is 1. The monoisotopic (exact) mass is 236 g/mol. The van der Waals surface area contributed by atoms with Crippen molar-refractivity contribution in [3.63, 3.8) is 0 Å². The van der Waals surface area contributed by atoms with Crippen LogP contribution >= 0.6 is 11.8 Å². The van der Waals surface area contributed by atoms with Gasteiger partial charge in [0.25, 0.3) is 0 Å². The number of fused-ring (bicyclic) bond motifs is 1. The van der Waals surface area contributed by atoms with Crippen LogP contribution in [-0.4, -0.2) is 26.2 Å². The Hall–Kier alpha value is -1.49. The number of aromatic nitrogens is 2. The molecule has 0 aliphatic heterocycles. The van der Waals surface area contributed by atoms with Crippen molar-refractivity contribution in [3.05, 3.63) is 30.6 Å². The van der Waals surface area contributed by atoms with Gasteiger partial charge < -0.3 is 5.11 Å². The molecule has 84 valence electrons. The van der Waals surface area contributed by atoms with Gasteiger partial charge in [0, 0.05) is 18.1 Å². The average molecular weight is 236 g/mol. The predicted octanol–water partition coefficient (Wildman–Crippen LogP) is 2.15. The molecule has 0 bridgehead atoms. The Labute approximate surface area is 97.3 Å². The predicted molar refractivity (Wildman–Crippen MR) is 62.7 cm³/mol. The lowest BCUT2D eigenvalue weighted by atomic mass is 10.2. The molecular formula is C11H12N2O2S. The fraction of sp³-hybridized carbons (Fsp3) is 0.273. The number of hydrogen-bond donors (Lipinski definition) is 1. The number of hydrogen-bond acceptors (Lipinski definition) is 3. The van der Waals surface area contributed by atoms with Gasteiger partial charge in [-0.1, -0.05) is 13.0 Å². The minimum atomic E-state index is -0.759. The molecule has 0 amide bonds. The van der Waals surface area contributed by atoms with Gasteiger partial charge in [0.1, 0.15) is 5.65 Å². The fourth-order valence-corrected chi connectivity index (χ4v) is 2.35. The molecule has 0 aliphatic carbocycles. The van der Waals surface area contributed by atoms with Gasteiger partial charge in [0.05, 0.1) is 10.9 Å². The highest BCUT2D eigenvalue weighted by atomic mass is 32.2. The third kappa shape index (κ3) is 2.19. The highest BCUT2D eigenvalue weighted by Crippen LogP contribution is 2.21. The van der Waals surface area contributed by atoms with Crippen molar-refractivity contribution in [2.45, 2.75) is 11.9 Å². The molecule has 0 radical (unpaired) electrons. The van der Waals surface area contributed by atoms with Crippen LogP contribution in [0, 0.1) is 5.92 Å². The van der Waals surface area contributed by atoms with Gasteiger partial charge in [-0.05, 0) is 12.1 Å². The van der Waals surface area contributed by atoms with E-state index in [2.05, 4.69) is 4.98 Å². The Balaban J connectivity index is 2.15. The first kappa shape index (κ1) is 11.0. The van der Waals surface area contributed by atoms with Crippen molar-refractivity contribution in [3.8, 4) is 0 Å². The fourth-order valence-electron chi connectivity index (χ4n) is 1.32. The van der Waals surface area contributed by atoms with Crippen molar-refractivity contribution in [2.24, 2.45) is 5.92 Å². The van der Waals surface area contributed by atoms with Gasteiger partial charge in [-0.25, -0.2) is 4.98 Å². The molecule has 0 fully saturated rings. The zero-order valence-electron chi connectivity index (χ0n) is 8.83. The molecule has 0 aromatic carbocycles. The van der Waals surface area contributed by atoms with E-state index in [1.54, 1.807) is 13.1 Å². The van der Waals surface area contributed by atoms with Crippen LogP contribution in [0.3, 0.4) is 0 Å². The molecule has 1 atom stereocenters. The average Bonchev–Trinajstić information content (AvgIpc) is 2.73. The molecule has 2 aromatic heterocycles. The van der Waals surface area contributed by atoms with E-state index in [1.165, 1.54) is 11.8 Å². The number of pyridine rings is 1. The Morgan fingerprint density at radius 2 is 2.44 bits per heavy atom. The number of rotatable bonds is 4. The molecule has 1 unspecified atom stereocenters. The van der Waals surface area contributed by atoms with Crippen molar-refractivity contribution >= 4 is 23.4 Å². The normalized spacial score (nSPS) is 12.8. The van der Waals surface area contributed by atoms with Crippen LogP contribution in [0.2, 0.25) is 0 Å².